The highest BCUT2D eigenvalue weighted by Crippen LogP contribution is 2.17. The molecule has 3 N–H and O–H groups in total. The third-order valence-electron chi connectivity index (χ3n) is 1.93. The fourth-order valence-electron chi connectivity index (χ4n) is 1.40. The Labute approximate surface area is 82.9 Å². The SMILES string of the molecule is Cc1cc(C)cc(N(CN)C(=O)O)c1. The first-order chi connectivity index (χ1) is 6.54. The van der Waals surface area contributed by atoms with Crippen LogP contribution in [0.4, 0.5) is 10.5 Å². The Kier molecular flexibility index (Phi) is 3.09. The van der Waals surface area contributed by atoms with E-state index < -0.39 is 6.09 Å². The summed E-state index contributed by atoms with van der Waals surface area (Å²) < 4.78 is 0. The lowest BCUT2D eigenvalue weighted by atomic mass is 10.1. The number of anilines is 1. The molecule has 0 aliphatic heterocycles. The van der Waals surface area contributed by atoms with Gasteiger partial charge in [-0.15, -0.1) is 0 Å². The molecule has 0 fully saturated rings. The Morgan fingerprint density at radius 3 is 2.21 bits per heavy atom. The molecular formula is C10H14N2O2. The van der Waals surface area contributed by atoms with Crippen molar-refractivity contribution in [3.63, 3.8) is 0 Å². The number of nitrogens with zero attached hydrogens (tertiary/aromatic N) is 1. The standard InChI is InChI=1S/C10H14N2O2/c1-7-3-8(2)5-9(4-7)12(6-11)10(13)14/h3-5H,6,11H2,1-2H3,(H,13,14). The van der Waals surface area contributed by atoms with Gasteiger partial charge in [0.1, 0.15) is 0 Å². The van der Waals surface area contributed by atoms with E-state index in [1.165, 1.54) is 0 Å². The summed E-state index contributed by atoms with van der Waals surface area (Å²) in [4.78, 5) is 11.9. The van der Waals surface area contributed by atoms with Gasteiger partial charge in [0.25, 0.3) is 0 Å². The Balaban J connectivity index is 3.10. The van der Waals surface area contributed by atoms with Crippen LogP contribution in [0.1, 0.15) is 11.1 Å². The van der Waals surface area contributed by atoms with Gasteiger partial charge in [-0.3, -0.25) is 4.90 Å². The van der Waals surface area contributed by atoms with Crippen molar-refractivity contribution in [1.29, 1.82) is 0 Å². The molecule has 0 aromatic heterocycles. The lowest BCUT2D eigenvalue weighted by Crippen LogP contribution is -2.34. The highest BCUT2D eigenvalue weighted by molar-refractivity contribution is 5.86. The molecular weight excluding hydrogens is 180 g/mol. The highest BCUT2D eigenvalue weighted by atomic mass is 16.4. The molecule has 0 spiro atoms. The van der Waals surface area contributed by atoms with Gasteiger partial charge in [0.2, 0.25) is 0 Å². The van der Waals surface area contributed by atoms with Gasteiger partial charge in [-0.25, -0.2) is 4.79 Å². The van der Waals surface area contributed by atoms with Crippen molar-refractivity contribution in [2.24, 2.45) is 5.73 Å². The van der Waals surface area contributed by atoms with Crippen LogP contribution in [-0.4, -0.2) is 17.9 Å². The zero-order chi connectivity index (χ0) is 10.7. The second kappa shape index (κ2) is 4.11. The first-order valence-corrected chi connectivity index (χ1v) is 4.33. The number of benzene rings is 1. The van der Waals surface area contributed by atoms with Crippen LogP contribution in [0.5, 0.6) is 0 Å². The summed E-state index contributed by atoms with van der Waals surface area (Å²) in [6, 6.07) is 5.59. The Hall–Kier alpha value is -1.55. The molecule has 0 bridgehead atoms. The van der Waals surface area contributed by atoms with Gasteiger partial charge in [-0.05, 0) is 37.1 Å². The van der Waals surface area contributed by atoms with Gasteiger partial charge in [-0.1, -0.05) is 6.07 Å². The van der Waals surface area contributed by atoms with Crippen molar-refractivity contribution in [2.45, 2.75) is 13.8 Å². The zero-order valence-corrected chi connectivity index (χ0v) is 8.32. The van der Waals surface area contributed by atoms with Crippen LogP contribution < -0.4 is 10.6 Å². The van der Waals surface area contributed by atoms with Crippen molar-refractivity contribution < 1.29 is 9.90 Å². The molecule has 0 heterocycles. The predicted molar refractivity (Wildman–Crippen MR) is 55.5 cm³/mol. The van der Waals surface area contributed by atoms with Crippen LogP contribution in [0.25, 0.3) is 0 Å². The molecule has 1 amide bonds. The van der Waals surface area contributed by atoms with E-state index in [4.69, 9.17) is 10.8 Å². The first-order valence-electron chi connectivity index (χ1n) is 4.33. The quantitative estimate of drug-likeness (QED) is 0.704. The van der Waals surface area contributed by atoms with Gasteiger partial charge >= 0.3 is 6.09 Å². The van der Waals surface area contributed by atoms with E-state index in [1.807, 2.05) is 19.9 Å². The average Bonchev–Trinajstić information content (AvgIpc) is 2.02. The van der Waals surface area contributed by atoms with Crippen LogP contribution in [0, 0.1) is 13.8 Å². The first kappa shape index (κ1) is 10.5. The van der Waals surface area contributed by atoms with Gasteiger partial charge in [-0.2, -0.15) is 0 Å². The monoisotopic (exact) mass is 194 g/mol. The second-order valence-electron chi connectivity index (χ2n) is 3.24. The molecule has 0 radical (unpaired) electrons. The Morgan fingerprint density at radius 2 is 1.86 bits per heavy atom. The summed E-state index contributed by atoms with van der Waals surface area (Å²) >= 11 is 0. The number of hydrogen-bond acceptors (Lipinski definition) is 2. The predicted octanol–water partition coefficient (Wildman–Crippen LogP) is 1.70. The lowest BCUT2D eigenvalue weighted by Gasteiger charge is -2.17. The van der Waals surface area contributed by atoms with Crippen LogP contribution in [0.15, 0.2) is 18.2 Å². The second-order valence-corrected chi connectivity index (χ2v) is 3.24. The number of amides is 1. The number of rotatable bonds is 2. The fraction of sp³-hybridized carbons (Fsp3) is 0.300. The maximum atomic E-state index is 10.8. The summed E-state index contributed by atoms with van der Waals surface area (Å²) in [6.45, 7) is 3.82. The summed E-state index contributed by atoms with van der Waals surface area (Å²) in [5.41, 5.74) is 8.03. The molecule has 14 heavy (non-hydrogen) atoms. The van der Waals surface area contributed by atoms with E-state index in [-0.39, 0.29) is 6.67 Å². The van der Waals surface area contributed by atoms with Gasteiger partial charge in [0, 0.05) is 5.69 Å². The number of aryl methyl sites for hydroxylation is 2. The van der Waals surface area contributed by atoms with Crippen molar-refractivity contribution in [3.05, 3.63) is 29.3 Å². The molecule has 0 saturated heterocycles. The fourth-order valence-corrected chi connectivity index (χ4v) is 1.40. The Bertz CT molecular complexity index is 330. The maximum Gasteiger partial charge on any atom is 0.412 e. The molecule has 4 heteroatoms. The topological polar surface area (TPSA) is 66.6 Å². The molecule has 0 unspecified atom stereocenters. The normalized spacial score (nSPS) is 9.93. The summed E-state index contributed by atoms with van der Waals surface area (Å²) in [5.74, 6) is 0. The molecule has 0 aliphatic rings. The lowest BCUT2D eigenvalue weighted by molar-refractivity contribution is 0.202. The van der Waals surface area contributed by atoms with E-state index in [2.05, 4.69) is 0 Å². The minimum Gasteiger partial charge on any atom is -0.465 e. The van der Waals surface area contributed by atoms with Crippen molar-refractivity contribution in [2.75, 3.05) is 11.6 Å². The molecule has 1 aromatic rings. The molecule has 4 nitrogen and oxygen atoms in total. The van der Waals surface area contributed by atoms with E-state index in [1.54, 1.807) is 12.1 Å². The smallest absolute Gasteiger partial charge is 0.412 e. The third-order valence-corrected chi connectivity index (χ3v) is 1.93. The third kappa shape index (κ3) is 2.23. The number of carbonyl (C=O) groups is 1. The van der Waals surface area contributed by atoms with E-state index in [0.29, 0.717) is 5.69 Å². The van der Waals surface area contributed by atoms with E-state index >= 15 is 0 Å². The summed E-state index contributed by atoms with van der Waals surface area (Å²) in [7, 11) is 0. The van der Waals surface area contributed by atoms with E-state index in [9.17, 15) is 4.79 Å². The van der Waals surface area contributed by atoms with E-state index in [0.717, 1.165) is 16.0 Å². The van der Waals surface area contributed by atoms with Gasteiger partial charge < -0.3 is 10.8 Å². The largest absolute Gasteiger partial charge is 0.465 e. The number of nitrogens with two attached hydrogens (primary N) is 1. The molecule has 1 rings (SSSR count). The molecule has 0 atom stereocenters. The van der Waals surface area contributed by atoms with Crippen LogP contribution in [-0.2, 0) is 0 Å². The zero-order valence-electron chi connectivity index (χ0n) is 8.32. The number of hydrogen-bond donors (Lipinski definition) is 2. The van der Waals surface area contributed by atoms with Crippen molar-refractivity contribution in [3.8, 4) is 0 Å². The van der Waals surface area contributed by atoms with Crippen LogP contribution in [0.3, 0.4) is 0 Å². The number of carboxylic acid groups (broad SMARTS) is 1. The van der Waals surface area contributed by atoms with Crippen molar-refractivity contribution >= 4 is 11.8 Å². The van der Waals surface area contributed by atoms with Gasteiger partial charge in [0.15, 0.2) is 0 Å². The van der Waals surface area contributed by atoms with Gasteiger partial charge in [0.05, 0.1) is 6.67 Å². The summed E-state index contributed by atoms with van der Waals surface area (Å²) in [6.07, 6.45) is -1.03. The molecule has 76 valence electrons. The maximum absolute atomic E-state index is 10.8. The molecule has 0 saturated carbocycles. The van der Waals surface area contributed by atoms with Crippen molar-refractivity contribution in [1.82, 2.24) is 0 Å². The average molecular weight is 194 g/mol. The van der Waals surface area contributed by atoms with Crippen LogP contribution in [0.2, 0.25) is 0 Å². The summed E-state index contributed by atoms with van der Waals surface area (Å²) in [5, 5.41) is 8.85. The van der Waals surface area contributed by atoms with Crippen LogP contribution >= 0.6 is 0 Å². The highest BCUT2D eigenvalue weighted by Gasteiger charge is 2.12. The molecule has 1 aromatic carbocycles. The molecule has 0 aliphatic carbocycles. The minimum atomic E-state index is -1.03. The Morgan fingerprint density at radius 1 is 1.36 bits per heavy atom. The minimum absolute atomic E-state index is 0.0295.